The third-order valence-corrected chi connectivity index (χ3v) is 2.68. The lowest BCUT2D eigenvalue weighted by Crippen LogP contribution is -2.02. The van der Waals surface area contributed by atoms with Crippen molar-refractivity contribution in [3.8, 4) is 0 Å². The maximum Gasteiger partial charge on any atom is 0.125 e. The van der Waals surface area contributed by atoms with Crippen LogP contribution < -0.4 is 5.32 Å². The van der Waals surface area contributed by atoms with Crippen LogP contribution in [0.15, 0.2) is 24.5 Å². The molecule has 4 nitrogen and oxygen atoms in total. The van der Waals surface area contributed by atoms with Crippen molar-refractivity contribution in [2.75, 3.05) is 12.4 Å². The summed E-state index contributed by atoms with van der Waals surface area (Å²) in [4.78, 5) is 4.16. The fourth-order valence-electron chi connectivity index (χ4n) is 1.47. The van der Waals surface area contributed by atoms with Gasteiger partial charge in [-0.25, -0.2) is 4.98 Å². The molecule has 0 aromatic carbocycles. The highest BCUT2D eigenvalue weighted by Crippen LogP contribution is 2.14. The number of hydrogen-bond acceptors (Lipinski definition) is 3. The van der Waals surface area contributed by atoms with Crippen molar-refractivity contribution in [3.63, 3.8) is 0 Å². The molecular formula is C11H13ClN4. The van der Waals surface area contributed by atoms with Crippen LogP contribution in [0, 0.1) is 6.92 Å². The van der Waals surface area contributed by atoms with Gasteiger partial charge >= 0.3 is 0 Å². The summed E-state index contributed by atoms with van der Waals surface area (Å²) in [6, 6.07) is 3.96. The van der Waals surface area contributed by atoms with Crippen molar-refractivity contribution >= 4 is 17.4 Å². The van der Waals surface area contributed by atoms with Gasteiger partial charge in [0.15, 0.2) is 0 Å². The smallest absolute Gasteiger partial charge is 0.125 e. The van der Waals surface area contributed by atoms with E-state index in [2.05, 4.69) is 15.4 Å². The molecule has 16 heavy (non-hydrogen) atoms. The van der Waals surface area contributed by atoms with Gasteiger partial charge in [0.2, 0.25) is 0 Å². The summed E-state index contributed by atoms with van der Waals surface area (Å²) in [6.07, 6.45) is 3.61. The second kappa shape index (κ2) is 4.53. The van der Waals surface area contributed by atoms with Gasteiger partial charge in [0.1, 0.15) is 5.82 Å². The maximum atomic E-state index is 5.95. The highest BCUT2D eigenvalue weighted by atomic mass is 35.5. The summed E-state index contributed by atoms with van der Waals surface area (Å²) in [5.74, 6) is 0.854. The van der Waals surface area contributed by atoms with Gasteiger partial charge in [-0.05, 0) is 24.6 Å². The van der Waals surface area contributed by atoms with E-state index in [1.165, 1.54) is 0 Å². The molecule has 2 rings (SSSR count). The van der Waals surface area contributed by atoms with Crippen LogP contribution in [0.3, 0.4) is 0 Å². The Labute approximate surface area is 99.3 Å². The van der Waals surface area contributed by atoms with Gasteiger partial charge in [0, 0.05) is 19.4 Å². The molecule has 0 atom stereocenters. The topological polar surface area (TPSA) is 42.7 Å². The first-order valence-electron chi connectivity index (χ1n) is 5.01. The van der Waals surface area contributed by atoms with Crippen LogP contribution in [0.5, 0.6) is 0 Å². The third-order valence-electron chi connectivity index (χ3n) is 2.31. The lowest BCUT2D eigenvalue weighted by molar-refractivity contribution is 0.679. The molecule has 0 amide bonds. The van der Waals surface area contributed by atoms with Crippen LogP contribution in [-0.4, -0.2) is 21.8 Å². The number of aryl methyl sites for hydroxylation is 1. The molecule has 2 aromatic rings. The number of hydrogen-bond donors (Lipinski definition) is 1. The van der Waals surface area contributed by atoms with Crippen molar-refractivity contribution in [3.05, 3.63) is 40.8 Å². The molecule has 0 aliphatic carbocycles. The Balaban J connectivity index is 2.20. The SMILES string of the molecule is CNc1cc(Cn2cc(Cl)c(C)n2)ccn1. The molecule has 0 aliphatic rings. The molecule has 2 aromatic heterocycles. The quantitative estimate of drug-likeness (QED) is 0.890. The number of nitrogens with zero attached hydrogens (tertiary/aromatic N) is 3. The van der Waals surface area contributed by atoms with E-state index in [-0.39, 0.29) is 0 Å². The third kappa shape index (κ3) is 2.33. The summed E-state index contributed by atoms with van der Waals surface area (Å²) in [5.41, 5.74) is 1.99. The van der Waals surface area contributed by atoms with E-state index in [0.29, 0.717) is 11.6 Å². The Bertz CT molecular complexity index is 473. The number of nitrogens with one attached hydrogen (secondary N) is 1. The van der Waals surface area contributed by atoms with Crippen molar-refractivity contribution in [1.82, 2.24) is 14.8 Å². The number of rotatable bonds is 3. The number of anilines is 1. The number of aromatic nitrogens is 3. The zero-order chi connectivity index (χ0) is 11.5. The predicted molar refractivity (Wildman–Crippen MR) is 64.9 cm³/mol. The first-order chi connectivity index (χ1) is 7.69. The second-order valence-corrected chi connectivity index (χ2v) is 3.97. The van der Waals surface area contributed by atoms with E-state index >= 15 is 0 Å². The van der Waals surface area contributed by atoms with E-state index in [9.17, 15) is 0 Å². The summed E-state index contributed by atoms with van der Waals surface area (Å²) < 4.78 is 1.83. The summed E-state index contributed by atoms with van der Waals surface area (Å²) in [7, 11) is 1.85. The van der Waals surface area contributed by atoms with Crippen LogP contribution in [0.4, 0.5) is 5.82 Å². The molecule has 0 saturated carbocycles. The molecule has 0 aliphatic heterocycles. The van der Waals surface area contributed by atoms with Crippen LogP contribution in [0.2, 0.25) is 5.02 Å². The van der Waals surface area contributed by atoms with E-state index in [1.807, 2.05) is 37.0 Å². The van der Waals surface area contributed by atoms with Gasteiger partial charge in [-0.3, -0.25) is 4.68 Å². The standard InChI is InChI=1S/C11H13ClN4/c1-8-10(12)7-16(15-8)6-9-3-4-14-11(5-9)13-2/h3-5,7H,6H2,1-2H3,(H,13,14). The van der Waals surface area contributed by atoms with E-state index in [4.69, 9.17) is 11.6 Å². The molecule has 5 heteroatoms. The number of halogens is 1. The molecular weight excluding hydrogens is 224 g/mol. The molecule has 0 unspecified atom stereocenters. The highest BCUT2D eigenvalue weighted by Gasteiger charge is 2.03. The second-order valence-electron chi connectivity index (χ2n) is 3.56. The minimum absolute atomic E-state index is 0.697. The molecule has 0 fully saturated rings. The average Bonchev–Trinajstić information content (AvgIpc) is 2.58. The molecule has 0 bridgehead atoms. The Morgan fingerprint density at radius 2 is 2.31 bits per heavy atom. The Kier molecular flexibility index (Phi) is 3.10. The van der Waals surface area contributed by atoms with Gasteiger partial charge in [-0.1, -0.05) is 11.6 Å². The predicted octanol–water partition coefficient (Wildman–Crippen LogP) is 2.33. The zero-order valence-electron chi connectivity index (χ0n) is 9.24. The Morgan fingerprint density at radius 3 is 2.94 bits per heavy atom. The Morgan fingerprint density at radius 1 is 1.50 bits per heavy atom. The molecule has 84 valence electrons. The molecule has 0 radical (unpaired) electrons. The van der Waals surface area contributed by atoms with E-state index in [1.54, 1.807) is 6.20 Å². The molecule has 0 spiro atoms. The van der Waals surface area contributed by atoms with Gasteiger partial charge < -0.3 is 5.32 Å². The van der Waals surface area contributed by atoms with Crippen molar-refractivity contribution in [2.24, 2.45) is 0 Å². The lowest BCUT2D eigenvalue weighted by Gasteiger charge is -2.04. The fourth-order valence-corrected chi connectivity index (χ4v) is 1.62. The normalized spacial score (nSPS) is 10.4. The summed E-state index contributed by atoms with van der Waals surface area (Å²) in [6.45, 7) is 2.59. The molecule has 0 saturated heterocycles. The molecule has 1 N–H and O–H groups in total. The Hall–Kier alpha value is -1.55. The number of pyridine rings is 1. The van der Waals surface area contributed by atoms with Gasteiger partial charge in [-0.15, -0.1) is 0 Å². The minimum Gasteiger partial charge on any atom is -0.373 e. The largest absolute Gasteiger partial charge is 0.373 e. The van der Waals surface area contributed by atoms with Crippen molar-refractivity contribution in [2.45, 2.75) is 13.5 Å². The van der Waals surface area contributed by atoms with Crippen molar-refractivity contribution < 1.29 is 0 Å². The van der Waals surface area contributed by atoms with Crippen molar-refractivity contribution in [1.29, 1.82) is 0 Å². The lowest BCUT2D eigenvalue weighted by atomic mass is 10.2. The highest BCUT2D eigenvalue weighted by molar-refractivity contribution is 6.31. The summed E-state index contributed by atoms with van der Waals surface area (Å²) in [5, 5.41) is 8.00. The zero-order valence-corrected chi connectivity index (χ0v) is 9.99. The first kappa shape index (κ1) is 11.0. The molecule has 2 heterocycles. The monoisotopic (exact) mass is 236 g/mol. The van der Waals surface area contributed by atoms with E-state index in [0.717, 1.165) is 17.1 Å². The average molecular weight is 237 g/mol. The minimum atomic E-state index is 0.697. The van der Waals surface area contributed by atoms with Gasteiger partial charge in [-0.2, -0.15) is 5.10 Å². The van der Waals surface area contributed by atoms with Crippen LogP contribution >= 0.6 is 11.6 Å². The van der Waals surface area contributed by atoms with Crippen LogP contribution in [-0.2, 0) is 6.54 Å². The van der Waals surface area contributed by atoms with Crippen LogP contribution in [0.1, 0.15) is 11.3 Å². The fraction of sp³-hybridized carbons (Fsp3) is 0.273. The van der Waals surface area contributed by atoms with Gasteiger partial charge in [0.25, 0.3) is 0 Å². The maximum absolute atomic E-state index is 5.95. The van der Waals surface area contributed by atoms with Crippen LogP contribution in [0.25, 0.3) is 0 Å². The summed E-state index contributed by atoms with van der Waals surface area (Å²) >= 11 is 5.95. The van der Waals surface area contributed by atoms with Gasteiger partial charge in [0.05, 0.1) is 17.3 Å². The first-order valence-corrected chi connectivity index (χ1v) is 5.39. The van der Waals surface area contributed by atoms with E-state index < -0.39 is 0 Å².